The van der Waals surface area contributed by atoms with Crippen molar-refractivity contribution in [1.29, 1.82) is 0 Å². The topological polar surface area (TPSA) is 70.7 Å². The number of aromatic nitrogens is 4. The van der Waals surface area contributed by atoms with E-state index in [0.717, 1.165) is 43.0 Å². The fraction of sp³-hybridized carbons (Fsp3) is 0.500. The summed E-state index contributed by atoms with van der Waals surface area (Å²) in [6.07, 6.45) is 8.08. The van der Waals surface area contributed by atoms with E-state index in [1.54, 1.807) is 10.7 Å². The van der Waals surface area contributed by atoms with E-state index in [1.807, 2.05) is 49.8 Å². The third-order valence-corrected chi connectivity index (χ3v) is 5.28. The average molecular weight is 396 g/mol. The summed E-state index contributed by atoms with van der Waals surface area (Å²) < 4.78 is 15.1. The van der Waals surface area contributed by atoms with Crippen molar-refractivity contribution in [2.45, 2.75) is 46.1 Å². The lowest BCUT2D eigenvalue weighted by Gasteiger charge is -2.10. The molecule has 7 heteroatoms. The van der Waals surface area contributed by atoms with Crippen LogP contribution in [0.1, 0.15) is 55.0 Å². The minimum absolute atomic E-state index is 0.0202. The van der Waals surface area contributed by atoms with Crippen molar-refractivity contribution in [3.05, 3.63) is 47.7 Å². The Morgan fingerprint density at radius 1 is 1.38 bits per heavy atom. The third-order valence-electron chi connectivity index (χ3n) is 5.28. The third kappa shape index (κ3) is 4.34. The van der Waals surface area contributed by atoms with E-state index in [0.29, 0.717) is 24.0 Å². The van der Waals surface area contributed by atoms with Crippen molar-refractivity contribution < 1.29 is 14.3 Å². The zero-order valence-electron chi connectivity index (χ0n) is 17.3. The molecule has 0 saturated carbocycles. The summed E-state index contributed by atoms with van der Waals surface area (Å²) in [5.74, 6) is 1.22. The predicted octanol–water partition coefficient (Wildman–Crippen LogP) is 3.51. The molecule has 3 aromatic heterocycles. The number of rotatable bonds is 8. The van der Waals surface area contributed by atoms with Crippen LogP contribution in [0.3, 0.4) is 0 Å². The highest BCUT2D eigenvalue weighted by molar-refractivity contribution is 5.96. The van der Waals surface area contributed by atoms with Gasteiger partial charge in [-0.1, -0.05) is 0 Å². The first-order valence-electron chi connectivity index (χ1n) is 10.3. The van der Waals surface area contributed by atoms with Gasteiger partial charge in [-0.15, -0.1) is 0 Å². The second-order valence-corrected chi connectivity index (χ2v) is 7.90. The lowest BCUT2D eigenvalue weighted by atomic mass is 10.0. The van der Waals surface area contributed by atoms with E-state index in [2.05, 4.69) is 5.10 Å². The Hall–Kier alpha value is -2.67. The second-order valence-electron chi connectivity index (χ2n) is 7.90. The van der Waals surface area contributed by atoms with Crippen LogP contribution in [0.15, 0.2) is 30.7 Å². The van der Waals surface area contributed by atoms with E-state index in [9.17, 15) is 4.79 Å². The van der Waals surface area contributed by atoms with Crippen LogP contribution in [0.2, 0.25) is 0 Å². The van der Waals surface area contributed by atoms with Crippen LogP contribution in [0.5, 0.6) is 5.75 Å². The van der Waals surface area contributed by atoms with Crippen LogP contribution in [-0.4, -0.2) is 44.8 Å². The van der Waals surface area contributed by atoms with Gasteiger partial charge in [0.25, 0.3) is 0 Å². The minimum Gasteiger partial charge on any atom is -0.493 e. The molecule has 0 N–H and O–H groups in total. The maximum atomic E-state index is 12.8. The Kier molecular flexibility index (Phi) is 5.67. The van der Waals surface area contributed by atoms with Gasteiger partial charge in [0, 0.05) is 55.9 Å². The first-order chi connectivity index (χ1) is 14.0. The highest BCUT2D eigenvalue weighted by atomic mass is 16.5. The predicted molar refractivity (Wildman–Crippen MR) is 110 cm³/mol. The number of ketones is 1. The molecule has 0 amide bonds. The molecule has 0 radical (unpaired) electrons. The molecule has 29 heavy (non-hydrogen) atoms. The quantitative estimate of drug-likeness (QED) is 0.545. The van der Waals surface area contributed by atoms with Gasteiger partial charge in [0.05, 0.1) is 12.3 Å². The molecule has 154 valence electrons. The summed E-state index contributed by atoms with van der Waals surface area (Å²) in [5, 5.41) is 4.40. The molecule has 1 aliphatic heterocycles. The minimum atomic E-state index is -0.0202. The molecule has 0 bridgehead atoms. The number of carbonyl (C=O) groups excluding carboxylic acids is 1. The number of ether oxygens (including phenoxy) is 2. The number of carbonyl (C=O) groups is 1. The normalized spacial score (nSPS) is 16.8. The van der Waals surface area contributed by atoms with Crippen LogP contribution in [0.25, 0.3) is 5.65 Å². The number of imidazole rings is 1. The van der Waals surface area contributed by atoms with Gasteiger partial charge in [0.1, 0.15) is 17.1 Å². The summed E-state index contributed by atoms with van der Waals surface area (Å²) in [6, 6.07) is 3.93. The first-order valence-corrected chi connectivity index (χ1v) is 10.3. The number of Topliss-reactive ketones (excluding diaryl/α,β-unsaturated/α-hetero) is 1. The molecule has 7 nitrogen and oxygen atoms in total. The number of hydrogen-bond donors (Lipinski definition) is 0. The van der Waals surface area contributed by atoms with E-state index in [4.69, 9.17) is 14.5 Å². The lowest BCUT2D eigenvalue weighted by Crippen LogP contribution is -2.09. The van der Waals surface area contributed by atoms with Gasteiger partial charge in [-0.05, 0) is 45.6 Å². The Morgan fingerprint density at radius 2 is 2.24 bits per heavy atom. The standard InChI is InChI=1S/C22H28N4O3/c1-4-29-21-11-22-23-18(9-16-6-8-28-14-16)13-25(22)12-17(21)10-20(27)19-5-7-26(24-19)15(2)3/h5,7,11-13,15-16H,4,6,8-10,14H2,1-3H3. The molecule has 4 heterocycles. The zero-order chi connectivity index (χ0) is 20.4. The zero-order valence-corrected chi connectivity index (χ0v) is 17.3. The Labute approximate surface area is 170 Å². The van der Waals surface area contributed by atoms with Gasteiger partial charge in [0.15, 0.2) is 5.78 Å². The molecular formula is C22H28N4O3. The van der Waals surface area contributed by atoms with Crippen molar-refractivity contribution in [2.75, 3.05) is 19.8 Å². The number of fused-ring (bicyclic) bond motifs is 1. The Balaban J connectivity index is 1.59. The van der Waals surface area contributed by atoms with Crippen molar-refractivity contribution >= 4 is 11.4 Å². The Morgan fingerprint density at radius 3 is 2.93 bits per heavy atom. The van der Waals surface area contributed by atoms with E-state index < -0.39 is 0 Å². The Bertz CT molecular complexity index is 999. The van der Waals surface area contributed by atoms with Crippen LogP contribution in [-0.2, 0) is 17.6 Å². The van der Waals surface area contributed by atoms with E-state index in [-0.39, 0.29) is 18.2 Å². The largest absolute Gasteiger partial charge is 0.493 e. The van der Waals surface area contributed by atoms with Crippen LogP contribution < -0.4 is 4.74 Å². The smallest absolute Gasteiger partial charge is 0.187 e. The average Bonchev–Trinajstić information content (AvgIpc) is 3.42. The molecule has 1 atom stereocenters. The molecule has 0 aliphatic carbocycles. The maximum absolute atomic E-state index is 12.8. The highest BCUT2D eigenvalue weighted by Gasteiger charge is 2.19. The van der Waals surface area contributed by atoms with Crippen LogP contribution in [0, 0.1) is 5.92 Å². The van der Waals surface area contributed by atoms with Crippen LogP contribution in [0.4, 0.5) is 0 Å². The van der Waals surface area contributed by atoms with Crippen molar-refractivity contribution in [3.63, 3.8) is 0 Å². The molecule has 1 fully saturated rings. The van der Waals surface area contributed by atoms with Gasteiger partial charge in [-0.2, -0.15) is 5.10 Å². The number of nitrogens with zero attached hydrogens (tertiary/aromatic N) is 4. The van der Waals surface area contributed by atoms with E-state index in [1.165, 1.54) is 0 Å². The van der Waals surface area contributed by atoms with Gasteiger partial charge in [-0.25, -0.2) is 4.98 Å². The van der Waals surface area contributed by atoms with E-state index >= 15 is 0 Å². The molecule has 0 spiro atoms. The maximum Gasteiger partial charge on any atom is 0.187 e. The van der Waals surface area contributed by atoms with Gasteiger partial charge in [-0.3, -0.25) is 9.48 Å². The lowest BCUT2D eigenvalue weighted by molar-refractivity contribution is 0.0986. The number of pyridine rings is 1. The molecule has 4 rings (SSSR count). The molecule has 1 unspecified atom stereocenters. The fourth-order valence-electron chi connectivity index (χ4n) is 3.71. The van der Waals surface area contributed by atoms with Crippen molar-refractivity contribution in [2.24, 2.45) is 5.92 Å². The first kappa shape index (κ1) is 19.6. The van der Waals surface area contributed by atoms with Gasteiger partial charge >= 0.3 is 0 Å². The van der Waals surface area contributed by atoms with Gasteiger partial charge < -0.3 is 13.9 Å². The van der Waals surface area contributed by atoms with Crippen molar-refractivity contribution in [1.82, 2.24) is 19.2 Å². The molecule has 3 aromatic rings. The number of hydrogen-bond acceptors (Lipinski definition) is 5. The van der Waals surface area contributed by atoms with Crippen LogP contribution >= 0.6 is 0 Å². The summed E-state index contributed by atoms with van der Waals surface area (Å²) in [6.45, 7) is 8.20. The molecule has 1 aliphatic rings. The summed E-state index contributed by atoms with van der Waals surface area (Å²) >= 11 is 0. The second kappa shape index (κ2) is 8.37. The molecule has 1 saturated heterocycles. The SMILES string of the molecule is CCOc1cc2nc(CC3CCOC3)cn2cc1CC(=O)c1ccn(C(C)C)n1. The summed E-state index contributed by atoms with van der Waals surface area (Å²) in [4.78, 5) is 17.6. The molecular weight excluding hydrogens is 368 g/mol. The summed E-state index contributed by atoms with van der Waals surface area (Å²) in [7, 11) is 0. The van der Waals surface area contributed by atoms with Gasteiger partial charge in [0.2, 0.25) is 0 Å². The molecule has 0 aromatic carbocycles. The fourth-order valence-corrected chi connectivity index (χ4v) is 3.71. The summed E-state index contributed by atoms with van der Waals surface area (Å²) in [5.41, 5.74) is 3.20. The monoisotopic (exact) mass is 396 g/mol. The highest BCUT2D eigenvalue weighted by Crippen LogP contribution is 2.25. The van der Waals surface area contributed by atoms with Crippen molar-refractivity contribution in [3.8, 4) is 5.75 Å².